The van der Waals surface area contributed by atoms with Gasteiger partial charge in [-0.2, -0.15) is 0 Å². The molecule has 1 fully saturated rings. The van der Waals surface area contributed by atoms with E-state index >= 15 is 0 Å². The number of carbonyl (C=O) groups excluding carboxylic acids is 2. The molecule has 0 unspecified atom stereocenters. The topological polar surface area (TPSA) is 49.4 Å². The summed E-state index contributed by atoms with van der Waals surface area (Å²) < 4.78 is 13.5. The maximum atomic E-state index is 13.5. The van der Waals surface area contributed by atoms with E-state index in [4.69, 9.17) is 23.2 Å². The number of nitrogens with one attached hydrogen (secondary N) is 1. The Bertz CT molecular complexity index is 853. The van der Waals surface area contributed by atoms with Crippen LogP contribution in [0.3, 0.4) is 0 Å². The van der Waals surface area contributed by atoms with Crippen LogP contribution in [0.4, 0.5) is 4.39 Å². The Hall–Kier alpha value is -2.11. The van der Waals surface area contributed by atoms with Crippen LogP contribution in [0.1, 0.15) is 42.9 Å². The number of carbonyl (C=O) groups is 2. The zero-order chi connectivity index (χ0) is 21.5. The van der Waals surface area contributed by atoms with Gasteiger partial charge in [-0.1, -0.05) is 48.7 Å². The second kappa shape index (κ2) is 10.8. The number of amides is 2. The average Bonchev–Trinajstić information content (AvgIpc) is 3.25. The van der Waals surface area contributed by atoms with E-state index in [2.05, 4.69) is 5.32 Å². The number of rotatable bonds is 8. The van der Waals surface area contributed by atoms with Crippen LogP contribution in [0, 0.1) is 5.82 Å². The fourth-order valence-electron chi connectivity index (χ4n) is 3.84. The van der Waals surface area contributed by atoms with Crippen molar-refractivity contribution in [3.63, 3.8) is 0 Å². The molecule has 30 heavy (non-hydrogen) atoms. The Balaban J connectivity index is 1.86. The number of benzene rings is 2. The lowest BCUT2D eigenvalue weighted by molar-refractivity contribution is -0.139. The van der Waals surface area contributed by atoms with Crippen LogP contribution in [0.15, 0.2) is 48.5 Å². The maximum absolute atomic E-state index is 13.5. The second-order valence-electron chi connectivity index (χ2n) is 7.54. The van der Waals surface area contributed by atoms with Crippen LogP contribution in [0.2, 0.25) is 5.02 Å². The Morgan fingerprint density at radius 3 is 2.30 bits per heavy atom. The van der Waals surface area contributed by atoms with E-state index < -0.39 is 11.9 Å². The average molecular weight is 451 g/mol. The molecule has 1 saturated carbocycles. The van der Waals surface area contributed by atoms with Gasteiger partial charge in [-0.05, 0) is 54.7 Å². The third-order valence-electron chi connectivity index (χ3n) is 5.44. The predicted molar refractivity (Wildman–Crippen MR) is 117 cm³/mol. The largest absolute Gasteiger partial charge is 0.351 e. The van der Waals surface area contributed by atoms with Gasteiger partial charge in [-0.25, -0.2) is 4.39 Å². The van der Waals surface area contributed by atoms with Crippen LogP contribution in [0.25, 0.3) is 0 Å². The normalized spacial score (nSPS) is 15.0. The first-order valence-corrected chi connectivity index (χ1v) is 11.0. The summed E-state index contributed by atoms with van der Waals surface area (Å²) in [5, 5.41) is 3.70. The summed E-state index contributed by atoms with van der Waals surface area (Å²) in [5.74, 6) is -1.25. The van der Waals surface area contributed by atoms with E-state index in [0.29, 0.717) is 23.6 Å². The van der Waals surface area contributed by atoms with E-state index in [1.165, 1.54) is 17.0 Å². The SMILES string of the molecule is O=C(NC1CCCC1)[C@@H](c1ccc(F)cc1)N(CCc1ccc(Cl)cc1)C(=O)CCl. The van der Waals surface area contributed by atoms with Crippen molar-refractivity contribution in [2.45, 2.75) is 44.2 Å². The highest BCUT2D eigenvalue weighted by molar-refractivity contribution is 6.30. The van der Waals surface area contributed by atoms with Crippen molar-refractivity contribution >= 4 is 35.0 Å². The van der Waals surface area contributed by atoms with Crippen molar-refractivity contribution in [1.29, 1.82) is 0 Å². The summed E-state index contributed by atoms with van der Waals surface area (Å²) in [6, 6.07) is 12.3. The van der Waals surface area contributed by atoms with Gasteiger partial charge in [-0.15, -0.1) is 11.6 Å². The van der Waals surface area contributed by atoms with E-state index in [0.717, 1.165) is 31.2 Å². The molecule has 1 aliphatic rings. The molecule has 160 valence electrons. The van der Waals surface area contributed by atoms with Crippen LogP contribution in [-0.2, 0) is 16.0 Å². The van der Waals surface area contributed by atoms with E-state index in [9.17, 15) is 14.0 Å². The fraction of sp³-hybridized carbons (Fsp3) is 0.391. The first-order valence-electron chi connectivity index (χ1n) is 10.1. The van der Waals surface area contributed by atoms with E-state index in [1.54, 1.807) is 24.3 Å². The summed E-state index contributed by atoms with van der Waals surface area (Å²) >= 11 is 11.8. The van der Waals surface area contributed by atoms with Gasteiger partial charge < -0.3 is 10.2 Å². The van der Waals surface area contributed by atoms with Gasteiger partial charge in [0.2, 0.25) is 11.8 Å². The number of nitrogens with zero attached hydrogens (tertiary/aromatic N) is 1. The number of hydrogen-bond acceptors (Lipinski definition) is 2. The van der Waals surface area contributed by atoms with Crippen molar-refractivity contribution in [3.05, 3.63) is 70.5 Å². The molecule has 2 amide bonds. The highest BCUT2D eigenvalue weighted by atomic mass is 35.5. The fourth-order valence-corrected chi connectivity index (χ4v) is 4.12. The molecular formula is C23H25Cl2FN2O2. The zero-order valence-electron chi connectivity index (χ0n) is 16.6. The van der Waals surface area contributed by atoms with Crippen molar-refractivity contribution < 1.29 is 14.0 Å². The van der Waals surface area contributed by atoms with Crippen LogP contribution in [-0.4, -0.2) is 35.2 Å². The Morgan fingerprint density at radius 2 is 1.70 bits per heavy atom. The molecule has 0 saturated heterocycles. The molecule has 1 atom stereocenters. The Kier molecular flexibility index (Phi) is 8.11. The lowest BCUT2D eigenvalue weighted by Crippen LogP contribution is -2.47. The third-order valence-corrected chi connectivity index (χ3v) is 5.92. The summed E-state index contributed by atoms with van der Waals surface area (Å²) in [7, 11) is 0. The molecule has 0 spiro atoms. The third kappa shape index (κ3) is 5.96. The molecule has 0 heterocycles. The number of alkyl halides is 1. The molecule has 0 aromatic heterocycles. The minimum absolute atomic E-state index is 0.102. The first kappa shape index (κ1) is 22.6. The van der Waals surface area contributed by atoms with Crippen LogP contribution >= 0.6 is 23.2 Å². The predicted octanol–water partition coefficient (Wildman–Crippen LogP) is 4.89. The Morgan fingerprint density at radius 1 is 1.07 bits per heavy atom. The maximum Gasteiger partial charge on any atom is 0.247 e. The van der Waals surface area contributed by atoms with Gasteiger partial charge in [0.25, 0.3) is 0 Å². The molecule has 0 aliphatic heterocycles. The summed E-state index contributed by atoms with van der Waals surface area (Å²) in [4.78, 5) is 27.5. The molecule has 4 nitrogen and oxygen atoms in total. The lowest BCUT2D eigenvalue weighted by atomic mass is 10.0. The zero-order valence-corrected chi connectivity index (χ0v) is 18.1. The Labute approximate surface area is 186 Å². The minimum Gasteiger partial charge on any atom is -0.351 e. The van der Waals surface area contributed by atoms with Gasteiger partial charge >= 0.3 is 0 Å². The quantitative estimate of drug-likeness (QED) is 0.582. The van der Waals surface area contributed by atoms with Crippen LogP contribution < -0.4 is 5.32 Å². The molecule has 1 aliphatic carbocycles. The smallest absolute Gasteiger partial charge is 0.247 e. The monoisotopic (exact) mass is 450 g/mol. The van der Waals surface area contributed by atoms with Gasteiger partial charge in [0.1, 0.15) is 17.7 Å². The van der Waals surface area contributed by atoms with Gasteiger partial charge in [-0.3, -0.25) is 9.59 Å². The molecule has 1 N–H and O–H groups in total. The molecule has 0 radical (unpaired) electrons. The number of hydrogen-bond donors (Lipinski definition) is 1. The van der Waals surface area contributed by atoms with Crippen molar-refractivity contribution in [2.24, 2.45) is 0 Å². The van der Waals surface area contributed by atoms with E-state index in [1.807, 2.05) is 12.1 Å². The number of halogens is 3. The van der Waals surface area contributed by atoms with Gasteiger partial charge in [0, 0.05) is 17.6 Å². The van der Waals surface area contributed by atoms with E-state index in [-0.39, 0.29) is 23.7 Å². The molecule has 2 aromatic carbocycles. The van der Waals surface area contributed by atoms with Crippen molar-refractivity contribution in [1.82, 2.24) is 10.2 Å². The minimum atomic E-state index is -0.871. The molecule has 0 bridgehead atoms. The molecule has 3 rings (SSSR count). The van der Waals surface area contributed by atoms with Crippen molar-refractivity contribution in [2.75, 3.05) is 12.4 Å². The highest BCUT2D eigenvalue weighted by Gasteiger charge is 2.32. The summed E-state index contributed by atoms with van der Waals surface area (Å²) in [6.45, 7) is 0.299. The molecule has 7 heteroatoms. The standard InChI is InChI=1S/C23H25Cl2FN2O2/c24-15-21(29)28(14-13-16-5-9-18(25)10-6-16)22(17-7-11-19(26)12-8-17)23(30)27-20-3-1-2-4-20/h5-12,20,22H,1-4,13-15H2,(H,27,30)/t22-/m1/s1. The van der Waals surface area contributed by atoms with Crippen molar-refractivity contribution in [3.8, 4) is 0 Å². The molecular weight excluding hydrogens is 426 g/mol. The lowest BCUT2D eigenvalue weighted by Gasteiger charge is -2.32. The summed E-state index contributed by atoms with van der Waals surface area (Å²) in [6.07, 6.45) is 4.54. The highest BCUT2D eigenvalue weighted by Crippen LogP contribution is 2.25. The first-order chi connectivity index (χ1) is 14.5. The molecule has 2 aromatic rings. The second-order valence-corrected chi connectivity index (χ2v) is 8.24. The van der Waals surface area contributed by atoms with Gasteiger partial charge in [0.15, 0.2) is 0 Å². The van der Waals surface area contributed by atoms with Gasteiger partial charge in [0.05, 0.1) is 0 Å². The summed E-state index contributed by atoms with van der Waals surface area (Å²) in [5.41, 5.74) is 1.54. The van der Waals surface area contributed by atoms with Crippen LogP contribution in [0.5, 0.6) is 0 Å².